The standard InChI is InChI=1S/C13H18O4S/c1-8-3-5-9(6-4-8)18-12-10(7-14)17-13(16-2)11(12)15/h3-6,10-15H,7H2,1-2H3/t10-,11+,12-,13+/m1/s1. The molecule has 1 aromatic rings. The molecule has 0 unspecified atom stereocenters. The molecule has 0 amide bonds. The number of aliphatic hydroxyl groups is 2. The van der Waals surface area contributed by atoms with Crippen molar-refractivity contribution in [2.45, 2.75) is 35.6 Å². The summed E-state index contributed by atoms with van der Waals surface area (Å²) in [4.78, 5) is 1.04. The molecule has 100 valence electrons. The highest BCUT2D eigenvalue weighted by atomic mass is 32.2. The second-order valence-corrected chi connectivity index (χ2v) is 5.60. The van der Waals surface area contributed by atoms with Crippen LogP contribution < -0.4 is 0 Å². The number of rotatable bonds is 4. The minimum Gasteiger partial charge on any atom is -0.394 e. The molecule has 0 radical (unpaired) electrons. The van der Waals surface area contributed by atoms with E-state index in [1.165, 1.54) is 24.4 Å². The average Bonchev–Trinajstić information content (AvgIpc) is 2.69. The van der Waals surface area contributed by atoms with Crippen molar-refractivity contribution < 1.29 is 19.7 Å². The maximum atomic E-state index is 10.1. The van der Waals surface area contributed by atoms with Crippen LogP contribution in [-0.2, 0) is 9.47 Å². The van der Waals surface area contributed by atoms with Crippen molar-refractivity contribution in [1.82, 2.24) is 0 Å². The number of ether oxygens (including phenoxy) is 2. The van der Waals surface area contributed by atoms with Crippen LogP contribution in [-0.4, -0.2) is 47.7 Å². The molecule has 2 N–H and O–H groups in total. The number of aryl methyl sites for hydroxylation is 1. The van der Waals surface area contributed by atoms with Crippen LogP contribution in [0.3, 0.4) is 0 Å². The number of benzene rings is 1. The first-order chi connectivity index (χ1) is 8.65. The van der Waals surface area contributed by atoms with Crippen LogP contribution in [0.1, 0.15) is 5.56 Å². The van der Waals surface area contributed by atoms with Gasteiger partial charge in [0.05, 0.1) is 18.0 Å². The monoisotopic (exact) mass is 270 g/mol. The average molecular weight is 270 g/mol. The highest BCUT2D eigenvalue weighted by Gasteiger charge is 2.44. The number of methoxy groups -OCH3 is 1. The third-order valence-corrected chi connectivity index (χ3v) is 4.40. The Kier molecular flexibility index (Phi) is 4.64. The fourth-order valence-corrected chi connectivity index (χ4v) is 3.14. The fourth-order valence-electron chi connectivity index (χ4n) is 1.97. The first kappa shape index (κ1) is 13.8. The molecule has 0 spiro atoms. The Morgan fingerprint density at radius 1 is 1.33 bits per heavy atom. The summed E-state index contributed by atoms with van der Waals surface area (Å²) in [5.74, 6) is 0. The molecular formula is C13H18O4S. The van der Waals surface area contributed by atoms with Gasteiger partial charge in [0.15, 0.2) is 6.29 Å². The zero-order chi connectivity index (χ0) is 13.1. The zero-order valence-electron chi connectivity index (χ0n) is 10.4. The second-order valence-electron chi connectivity index (χ2n) is 4.35. The van der Waals surface area contributed by atoms with E-state index in [0.29, 0.717) is 0 Å². The van der Waals surface area contributed by atoms with Gasteiger partial charge in [-0.25, -0.2) is 0 Å². The highest BCUT2D eigenvalue weighted by Crippen LogP contribution is 2.35. The van der Waals surface area contributed by atoms with E-state index in [1.54, 1.807) is 0 Å². The summed E-state index contributed by atoms with van der Waals surface area (Å²) in [6.07, 6.45) is -1.81. The van der Waals surface area contributed by atoms with Crippen molar-refractivity contribution in [3.63, 3.8) is 0 Å². The van der Waals surface area contributed by atoms with Gasteiger partial charge < -0.3 is 19.7 Å². The van der Waals surface area contributed by atoms with E-state index in [0.717, 1.165) is 4.90 Å². The van der Waals surface area contributed by atoms with E-state index in [2.05, 4.69) is 0 Å². The second kappa shape index (κ2) is 6.04. The van der Waals surface area contributed by atoms with Crippen molar-refractivity contribution >= 4 is 11.8 Å². The molecular weight excluding hydrogens is 252 g/mol. The van der Waals surface area contributed by atoms with Crippen LogP contribution in [0.2, 0.25) is 0 Å². The normalized spacial score (nSPS) is 31.8. The summed E-state index contributed by atoms with van der Waals surface area (Å²) in [6.45, 7) is 1.90. The third-order valence-electron chi connectivity index (χ3n) is 3.00. The van der Waals surface area contributed by atoms with Crippen LogP contribution >= 0.6 is 11.8 Å². The molecule has 1 fully saturated rings. The Bertz CT molecular complexity index is 379. The number of hydrogen-bond acceptors (Lipinski definition) is 5. The Morgan fingerprint density at radius 2 is 2.00 bits per heavy atom. The van der Waals surface area contributed by atoms with Crippen LogP contribution in [0.5, 0.6) is 0 Å². The van der Waals surface area contributed by atoms with Gasteiger partial charge in [0.25, 0.3) is 0 Å². The first-order valence-electron chi connectivity index (χ1n) is 5.86. The molecule has 1 aromatic carbocycles. The Labute approximate surface area is 111 Å². The minimum atomic E-state index is -0.738. The lowest BCUT2D eigenvalue weighted by Crippen LogP contribution is -2.31. The molecule has 1 aliphatic rings. The van der Waals surface area contributed by atoms with Gasteiger partial charge in [-0.1, -0.05) is 17.7 Å². The lowest BCUT2D eigenvalue weighted by atomic mass is 10.2. The summed E-state index contributed by atoms with van der Waals surface area (Å²) in [6, 6.07) is 8.04. The molecule has 0 bridgehead atoms. The summed E-state index contributed by atoms with van der Waals surface area (Å²) < 4.78 is 10.5. The molecule has 4 atom stereocenters. The van der Waals surface area contributed by atoms with E-state index >= 15 is 0 Å². The van der Waals surface area contributed by atoms with Gasteiger partial charge in [-0.3, -0.25) is 0 Å². The zero-order valence-corrected chi connectivity index (χ0v) is 11.3. The van der Waals surface area contributed by atoms with Crippen molar-refractivity contribution in [2.75, 3.05) is 13.7 Å². The van der Waals surface area contributed by atoms with Crippen molar-refractivity contribution in [3.05, 3.63) is 29.8 Å². The fraction of sp³-hybridized carbons (Fsp3) is 0.538. The minimum absolute atomic E-state index is 0.125. The van der Waals surface area contributed by atoms with E-state index in [9.17, 15) is 10.2 Å². The number of aliphatic hydroxyl groups excluding tert-OH is 2. The van der Waals surface area contributed by atoms with E-state index in [4.69, 9.17) is 9.47 Å². The first-order valence-corrected chi connectivity index (χ1v) is 6.74. The molecule has 4 nitrogen and oxygen atoms in total. The van der Waals surface area contributed by atoms with Crippen LogP contribution in [0.15, 0.2) is 29.2 Å². The summed E-state index contributed by atoms with van der Waals surface area (Å²) >= 11 is 1.50. The van der Waals surface area contributed by atoms with Gasteiger partial charge in [-0.2, -0.15) is 0 Å². The largest absolute Gasteiger partial charge is 0.394 e. The highest BCUT2D eigenvalue weighted by molar-refractivity contribution is 8.00. The van der Waals surface area contributed by atoms with Gasteiger partial charge in [0, 0.05) is 12.0 Å². The molecule has 1 aliphatic heterocycles. The smallest absolute Gasteiger partial charge is 0.184 e. The van der Waals surface area contributed by atoms with Crippen molar-refractivity contribution in [2.24, 2.45) is 0 Å². The molecule has 5 heteroatoms. The Hall–Kier alpha value is -0.590. The molecule has 1 heterocycles. The quantitative estimate of drug-likeness (QED) is 0.860. The lowest BCUT2D eigenvalue weighted by Gasteiger charge is -2.18. The summed E-state index contributed by atoms with van der Waals surface area (Å²) in [5, 5.41) is 19.1. The predicted molar refractivity (Wildman–Crippen MR) is 69.6 cm³/mol. The molecule has 0 aromatic heterocycles. The maximum Gasteiger partial charge on any atom is 0.184 e. The maximum absolute atomic E-state index is 10.1. The Balaban J connectivity index is 2.08. The van der Waals surface area contributed by atoms with E-state index in [-0.39, 0.29) is 11.9 Å². The Morgan fingerprint density at radius 3 is 2.56 bits per heavy atom. The van der Waals surface area contributed by atoms with Gasteiger partial charge in [-0.05, 0) is 19.1 Å². The molecule has 0 saturated carbocycles. The van der Waals surface area contributed by atoms with E-state index in [1.807, 2.05) is 31.2 Å². The summed E-state index contributed by atoms with van der Waals surface area (Å²) in [5.41, 5.74) is 1.19. The van der Waals surface area contributed by atoms with Gasteiger partial charge in [0.1, 0.15) is 6.10 Å². The molecule has 0 aliphatic carbocycles. The third kappa shape index (κ3) is 2.87. The van der Waals surface area contributed by atoms with Gasteiger partial charge in [-0.15, -0.1) is 11.8 Å². The van der Waals surface area contributed by atoms with Crippen molar-refractivity contribution in [1.29, 1.82) is 0 Å². The van der Waals surface area contributed by atoms with Gasteiger partial charge >= 0.3 is 0 Å². The van der Waals surface area contributed by atoms with E-state index < -0.39 is 18.5 Å². The number of hydrogen-bond donors (Lipinski definition) is 2. The topological polar surface area (TPSA) is 58.9 Å². The molecule has 18 heavy (non-hydrogen) atoms. The van der Waals surface area contributed by atoms with Crippen LogP contribution in [0.25, 0.3) is 0 Å². The van der Waals surface area contributed by atoms with Crippen LogP contribution in [0, 0.1) is 6.92 Å². The lowest BCUT2D eigenvalue weighted by molar-refractivity contribution is -0.153. The van der Waals surface area contributed by atoms with Crippen molar-refractivity contribution in [3.8, 4) is 0 Å². The van der Waals surface area contributed by atoms with Crippen LogP contribution in [0.4, 0.5) is 0 Å². The SMILES string of the molecule is CO[C@H]1O[C@H](CO)[C@@H](Sc2ccc(C)cc2)[C@@H]1O. The number of thioether (sulfide) groups is 1. The van der Waals surface area contributed by atoms with Gasteiger partial charge in [0.2, 0.25) is 0 Å². The molecule has 1 saturated heterocycles. The predicted octanol–water partition coefficient (Wildman–Crippen LogP) is 1.18. The summed E-state index contributed by atoms with van der Waals surface area (Å²) in [7, 11) is 1.49. The molecule has 2 rings (SSSR count).